The number of nitrogens with zero attached hydrogens (tertiary/aromatic N) is 3. The third kappa shape index (κ3) is 7.45. The fraction of sp³-hybridized carbons (Fsp3) is 0.485. The Hall–Kier alpha value is -3.33. The van der Waals surface area contributed by atoms with E-state index in [4.69, 9.17) is 9.47 Å². The van der Waals surface area contributed by atoms with Gasteiger partial charge in [-0.25, -0.2) is 4.98 Å². The Kier molecular flexibility index (Phi) is 10.1. The SMILES string of the molecule is CC(C)c1ncc(C(=O)N2CCOC3(CCN(CCOc4ccc(CNC[C@H](O)c5ccc(O)c6[nH]c(=O)sc56)cc4)CC3)C2)s1. The summed E-state index contributed by atoms with van der Waals surface area (Å²) in [7, 11) is 0. The minimum absolute atomic E-state index is 0.00729. The highest BCUT2D eigenvalue weighted by molar-refractivity contribution is 7.16. The van der Waals surface area contributed by atoms with E-state index in [1.165, 1.54) is 17.4 Å². The van der Waals surface area contributed by atoms with Crippen LogP contribution in [0.3, 0.4) is 0 Å². The lowest BCUT2D eigenvalue weighted by Crippen LogP contribution is -2.58. The molecule has 1 atom stereocenters. The summed E-state index contributed by atoms with van der Waals surface area (Å²) in [5.74, 6) is 1.18. The van der Waals surface area contributed by atoms with Gasteiger partial charge in [-0.3, -0.25) is 14.5 Å². The van der Waals surface area contributed by atoms with Crippen molar-refractivity contribution in [3.8, 4) is 11.5 Å². The highest BCUT2D eigenvalue weighted by Crippen LogP contribution is 2.33. The molecule has 4 heterocycles. The number of thiazole rings is 2. The van der Waals surface area contributed by atoms with E-state index in [2.05, 4.69) is 34.0 Å². The second-order valence-electron chi connectivity index (χ2n) is 12.3. The lowest BCUT2D eigenvalue weighted by molar-refractivity contribution is -0.127. The number of aromatic hydroxyl groups is 1. The molecule has 2 saturated heterocycles. The van der Waals surface area contributed by atoms with Crippen molar-refractivity contribution >= 4 is 38.8 Å². The number of phenols is 1. The van der Waals surface area contributed by atoms with Crippen LogP contribution in [-0.2, 0) is 11.3 Å². The number of morpholine rings is 1. The minimum atomic E-state index is -0.824. The summed E-state index contributed by atoms with van der Waals surface area (Å²) in [6.45, 7) is 10.1. The van der Waals surface area contributed by atoms with Crippen LogP contribution < -0.4 is 14.9 Å². The molecule has 2 aromatic heterocycles. The zero-order valence-corrected chi connectivity index (χ0v) is 27.8. The number of aromatic nitrogens is 2. The third-order valence-electron chi connectivity index (χ3n) is 8.74. The Morgan fingerprint density at radius 1 is 1.15 bits per heavy atom. The molecule has 2 aromatic carbocycles. The summed E-state index contributed by atoms with van der Waals surface area (Å²) in [6, 6.07) is 11.0. The first-order chi connectivity index (χ1) is 22.2. The van der Waals surface area contributed by atoms with E-state index in [9.17, 15) is 19.8 Å². The van der Waals surface area contributed by atoms with Gasteiger partial charge in [0, 0.05) is 50.7 Å². The number of phenolic OH excluding ortho intramolecular Hbond substituents is 1. The van der Waals surface area contributed by atoms with Crippen LogP contribution >= 0.6 is 22.7 Å². The van der Waals surface area contributed by atoms with Crippen molar-refractivity contribution in [3.05, 3.63) is 73.3 Å². The predicted molar refractivity (Wildman–Crippen MR) is 179 cm³/mol. The van der Waals surface area contributed by atoms with Crippen molar-refractivity contribution in [1.82, 2.24) is 25.1 Å². The number of aliphatic hydroxyl groups excluding tert-OH is 1. The molecule has 46 heavy (non-hydrogen) atoms. The first-order valence-electron chi connectivity index (χ1n) is 15.8. The Morgan fingerprint density at radius 2 is 1.93 bits per heavy atom. The summed E-state index contributed by atoms with van der Waals surface area (Å²) in [5, 5.41) is 24.9. The first kappa shape index (κ1) is 32.6. The van der Waals surface area contributed by atoms with Gasteiger partial charge in [-0.15, -0.1) is 11.3 Å². The highest BCUT2D eigenvalue weighted by Gasteiger charge is 2.41. The van der Waals surface area contributed by atoms with Crippen LogP contribution in [0, 0.1) is 0 Å². The Labute approximate surface area is 275 Å². The number of hydrogen-bond donors (Lipinski definition) is 4. The molecule has 4 N–H and O–H groups in total. The Balaban J connectivity index is 0.909. The molecule has 1 spiro atoms. The number of aromatic amines is 1. The van der Waals surface area contributed by atoms with Crippen LogP contribution in [-0.4, -0.2) is 94.0 Å². The van der Waals surface area contributed by atoms with Crippen LogP contribution in [0.1, 0.15) is 64.5 Å². The van der Waals surface area contributed by atoms with Crippen molar-refractivity contribution < 1.29 is 24.5 Å². The molecule has 11 nitrogen and oxygen atoms in total. The van der Waals surface area contributed by atoms with E-state index < -0.39 is 6.10 Å². The molecule has 2 fully saturated rings. The summed E-state index contributed by atoms with van der Waals surface area (Å²) >= 11 is 2.48. The maximum absolute atomic E-state index is 13.2. The Morgan fingerprint density at radius 3 is 2.67 bits per heavy atom. The van der Waals surface area contributed by atoms with Crippen molar-refractivity contribution in [1.29, 1.82) is 0 Å². The number of ether oxygens (including phenoxy) is 2. The molecule has 13 heteroatoms. The standard InChI is InChI=1S/C33H41N5O6S2/c1-21(2)30-35-19-27(45-30)31(41)38-14-16-44-33(20-38)9-11-37(12-10-33)13-15-43-23-5-3-22(4-6-23)17-34-18-26(40)24-7-8-25(39)28-29(24)46-32(42)36-28/h3-8,19,21,26,34,39-40H,9-18,20H2,1-2H3,(H,36,42)/t26-/m0/s1. The second kappa shape index (κ2) is 14.2. The molecule has 2 aliphatic heterocycles. The predicted octanol–water partition coefficient (Wildman–Crippen LogP) is 4.08. The molecule has 0 bridgehead atoms. The van der Waals surface area contributed by atoms with Crippen molar-refractivity contribution in [2.45, 2.75) is 50.9 Å². The molecule has 0 unspecified atom stereocenters. The number of carbonyl (C=O) groups excluding carboxylic acids is 1. The number of nitrogens with one attached hydrogen (secondary N) is 2. The van der Waals surface area contributed by atoms with Gasteiger partial charge in [-0.2, -0.15) is 0 Å². The third-order valence-corrected chi connectivity index (χ3v) is 11.0. The quantitative estimate of drug-likeness (QED) is 0.186. The fourth-order valence-electron chi connectivity index (χ4n) is 6.08. The van der Waals surface area contributed by atoms with Gasteiger partial charge in [0.15, 0.2) is 0 Å². The number of likely N-dealkylation sites (tertiary alicyclic amines) is 1. The number of piperidine rings is 1. The molecule has 4 aromatic rings. The topological polar surface area (TPSA) is 140 Å². The van der Waals surface area contributed by atoms with E-state index in [-0.39, 0.29) is 22.1 Å². The summed E-state index contributed by atoms with van der Waals surface area (Å²) in [5.41, 5.74) is 1.73. The van der Waals surface area contributed by atoms with Crippen LogP contribution in [0.5, 0.6) is 11.5 Å². The average Bonchev–Trinajstić information content (AvgIpc) is 3.71. The van der Waals surface area contributed by atoms with Crippen LogP contribution in [0.2, 0.25) is 0 Å². The van der Waals surface area contributed by atoms with Gasteiger partial charge in [0.25, 0.3) is 5.91 Å². The minimum Gasteiger partial charge on any atom is -0.506 e. The summed E-state index contributed by atoms with van der Waals surface area (Å²) in [6.07, 6.45) is 2.67. The van der Waals surface area contributed by atoms with Gasteiger partial charge in [0.05, 0.1) is 40.8 Å². The van der Waals surface area contributed by atoms with Gasteiger partial charge in [-0.1, -0.05) is 43.4 Å². The van der Waals surface area contributed by atoms with Crippen molar-refractivity contribution in [2.24, 2.45) is 0 Å². The van der Waals surface area contributed by atoms with E-state index in [0.717, 1.165) is 60.1 Å². The molecule has 6 rings (SSSR count). The lowest BCUT2D eigenvalue weighted by atomic mass is 9.89. The van der Waals surface area contributed by atoms with Gasteiger partial charge < -0.3 is 34.9 Å². The number of H-pyrrole nitrogens is 1. The number of benzene rings is 2. The normalized spacial score (nSPS) is 17.6. The summed E-state index contributed by atoms with van der Waals surface area (Å²) in [4.78, 5) is 36.8. The molecule has 2 aliphatic rings. The van der Waals surface area contributed by atoms with E-state index >= 15 is 0 Å². The fourth-order valence-corrected chi connectivity index (χ4v) is 7.88. The average molecular weight is 668 g/mol. The number of rotatable bonds is 11. The number of amides is 1. The number of aliphatic hydroxyl groups is 1. The maximum atomic E-state index is 13.2. The first-order valence-corrected chi connectivity index (χ1v) is 17.4. The van der Waals surface area contributed by atoms with Crippen molar-refractivity contribution in [3.63, 3.8) is 0 Å². The highest BCUT2D eigenvalue weighted by atomic mass is 32.1. The van der Waals surface area contributed by atoms with Gasteiger partial charge in [0.1, 0.15) is 28.5 Å². The van der Waals surface area contributed by atoms with Gasteiger partial charge >= 0.3 is 4.87 Å². The van der Waals surface area contributed by atoms with E-state index in [0.29, 0.717) is 66.0 Å². The molecule has 246 valence electrons. The lowest BCUT2D eigenvalue weighted by Gasteiger charge is -2.47. The van der Waals surface area contributed by atoms with E-state index in [1.807, 2.05) is 29.2 Å². The zero-order chi connectivity index (χ0) is 32.3. The van der Waals surface area contributed by atoms with E-state index in [1.54, 1.807) is 12.3 Å². The summed E-state index contributed by atoms with van der Waals surface area (Å²) < 4.78 is 12.9. The molecule has 1 amide bonds. The number of fused-ring (bicyclic) bond motifs is 1. The van der Waals surface area contributed by atoms with Crippen LogP contribution in [0.15, 0.2) is 47.4 Å². The molecular weight excluding hydrogens is 627 g/mol. The van der Waals surface area contributed by atoms with Gasteiger partial charge in [0.2, 0.25) is 0 Å². The number of hydrogen-bond acceptors (Lipinski definition) is 11. The Bertz CT molecular complexity index is 1690. The number of carbonyl (C=O) groups is 1. The van der Waals surface area contributed by atoms with Crippen LogP contribution in [0.25, 0.3) is 10.2 Å². The molecule has 0 aliphatic carbocycles. The van der Waals surface area contributed by atoms with Gasteiger partial charge in [-0.05, 0) is 36.6 Å². The maximum Gasteiger partial charge on any atom is 0.305 e. The van der Waals surface area contributed by atoms with Crippen molar-refractivity contribution in [2.75, 3.05) is 52.5 Å². The van der Waals surface area contributed by atoms with Crippen LogP contribution in [0.4, 0.5) is 0 Å². The smallest absolute Gasteiger partial charge is 0.305 e. The monoisotopic (exact) mass is 667 g/mol. The second-order valence-corrected chi connectivity index (χ2v) is 14.4. The largest absolute Gasteiger partial charge is 0.506 e. The molecule has 0 saturated carbocycles. The zero-order valence-electron chi connectivity index (χ0n) is 26.2. The molecule has 0 radical (unpaired) electrons. The molecular formula is C33H41N5O6S2.